The molecule has 1 fully saturated rings. The highest BCUT2D eigenvalue weighted by atomic mass is 16.5. The van der Waals surface area contributed by atoms with E-state index in [4.69, 9.17) is 9.63 Å². The van der Waals surface area contributed by atoms with Crippen LogP contribution >= 0.6 is 0 Å². The van der Waals surface area contributed by atoms with Crippen molar-refractivity contribution in [2.24, 2.45) is 5.92 Å². The Balaban J connectivity index is 1.88. The fourth-order valence-corrected chi connectivity index (χ4v) is 2.44. The Bertz CT molecular complexity index is 405. The van der Waals surface area contributed by atoms with Crippen molar-refractivity contribution < 1.29 is 14.4 Å². The molecule has 0 saturated carbocycles. The molecule has 1 aliphatic rings. The molecule has 0 bridgehead atoms. The normalized spacial score (nSPS) is 21.1. The molecule has 0 aliphatic carbocycles. The molecule has 6 nitrogen and oxygen atoms in total. The van der Waals surface area contributed by atoms with E-state index in [2.05, 4.69) is 22.0 Å². The van der Waals surface area contributed by atoms with Crippen LogP contribution < -0.4 is 0 Å². The van der Waals surface area contributed by atoms with Crippen LogP contribution in [0.1, 0.15) is 31.5 Å². The van der Waals surface area contributed by atoms with Gasteiger partial charge >= 0.3 is 5.97 Å². The average Bonchev–Trinajstić information content (AvgIpc) is 2.76. The van der Waals surface area contributed by atoms with E-state index in [1.807, 2.05) is 0 Å². The Hall–Kier alpha value is -1.43. The number of carbonyl (C=O) groups is 1. The summed E-state index contributed by atoms with van der Waals surface area (Å²) in [6, 6.07) is 0. The van der Waals surface area contributed by atoms with Crippen LogP contribution in [-0.2, 0) is 17.6 Å². The zero-order chi connectivity index (χ0) is 13.0. The molecule has 0 spiro atoms. The molecular formula is C12H19N3O3. The summed E-state index contributed by atoms with van der Waals surface area (Å²) in [7, 11) is 0. The summed E-state index contributed by atoms with van der Waals surface area (Å²) in [4.78, 5) is 17.1. The van der Waals surface area contributed by atoms with Crippen LogP contribution in [0, 0.1) is 5.92 Å². The van der Waals surface area contributed by atoms with Gasteiger partial charge in [-0.25, -0.2) is 0 Å². The molecule has 1 atom stereocenters. The van der Waals surface area contributed by atoms with Crippen molar-refractivity contribution in [2.45, 2.75) is 32.6 Å². The van der Waals surface area contributed by atoms with Gasteiger partial charge in [-0.2, -0.15) is 4.98 Å². The number of aromatic nitrogens is 2. The van der Waals surface area contributed by atoms with Crippen molar-refractivity contribution in [1.29, 1.82) is 0 Å². The molecule has 1 unspecified atom stereocenters. The number of carboxylic acids is 1. The van der Waals surface area contributed by atoms with E-state index in [-0.39, 0.29) is 12.3 Å². The summed E-state index contributed by atoms with van der Waals surface area (Å²) >= 11 is 0. The van der Waals surface area contributed by atoms with Gasteiger partial charge in [-0.3, -0.25) is 4.79 Å². The summed E-state index contributed by atoms with van der Waals surface area (Å²) in [6.07, 6.45) is 2.97. The highest BCUT2D eigenvalue weighted by Crippen LogP contribution is 2.19. The van der Waals surface area contributed by atoms with Crippen LogP contribution in [0.3, 0.4) is 0 Å². The Morgan fingerprint density at radius 2 is 2.44 bits per heavy atom. The number of hydrogen-bond acceptors (Lipinski definition) is 5. The maximum absolute atomic E-state index is 10.5. The number of piperidine rings is 1. The molecule has 18 heavy (non-hydrogen) atoms. The molecular weight excluding hydrogens is 234 g/mol. The molecule has 0 aromatic carbocycles. The van der Waals surface area contributed by atoms with Crippen molar-refractivity contribution in [3.63, 3.8) is 0 Å². The quantitative estimate of drug-likeness (QED) is 0.842. The number of rotatable bonds is 5. The van der Waals surface area contributed by atoms with Gasteiger partial charge in [0, 0.05) is 13.0 Å². The SMILES string of the molecule is CCN1CCCC(Cc2noc(CC(=O)O)n2)C1. The lowest BCUT2D eigenvalue weighted by molar-refractivity contribution is -0.136. The summed E-state index contributed by atoms with van der Waals surface area (Å²) in [5.74, 6) is 0.434. The van der Waals surface area contributed by atoms with Crippen molar-refractivity contribution in [3.05, 3.63) is 11.7 Å². The molecule has 1 aromatic rings. The zero-order valence-corrected chi connectivity index (χ0v) is 10.6. The van der Waals surface area contributed by atoms with Gasteiger partial charge in [0.1, 0.15) is 6.42 Å². The Kier molecular flexibility index (Phi) is 4.30. The van der Waals surface area contributed by atoms with E-state index in [0.717, 1.165) is 19.5 Å². The Labute approximate surface area is 106 Å². The van der Waals surface area contributed by atoms with Gasteiger partial charge in [-0.05, 0) is 31.8 Å². The molecule has 1 aromatic heterocycles. The zero-order valence-electron chi connectivity index (χ0n) is 10.6. The van der Waals surface area contributed by atoms with Gasteiger partial charge in [0.05, 0.1) is 0 Å². The Morgan fingerprint density at radius 1 is 1.61 bits per heavy atom. The second-order valence-corrected chi connectivity index (χ2v) is 4.78. The second-order valence-electron chi connectivity index (χ2n) is 4.78. The first kappa shape index (κ1) is 13.0. The van der Waals surface area contributed by atoms with E-state index in [9.17, 15) is 4.79 Å². The number of nitrogens with zero attached hydrogens (tertiary/aromatic N) is 3. The van der Waals surface area contributed by atoms with E-state index in [1.54, 1.807) is 0 Å². The molecule has 2 rings (SSSR count). The van der Waals surface area contributed by atoms with Gasteiger partial charge in [0.15, 0.2) is 5.82 Å². The second kappa shape index (κ2) is 5.95. The van der Waals surface area contributed by atoms with Crippen LogP contribution in [0.25, 0.3) is 0 Å². The predicted molar refractivity (Wildman–Crippen MR) is 64.2 cm³/mol. The minimum absolute atomic E-state index is 0.195. The first-order valence-corrected chi connectivity index (χ1v) is 6.43. The van der Waals surface area contributed by atoms with Gasteiger partial charge in [-0.15, -0.1) is 0 Å². The smallest absolute Gasteiger partial charge is 0.312 e. The van der Waals surface area contributed by atoms with Crippen LogP contribution in [0.5, 0.6) is 0 Å². The maximum Gasteiger partial charge on any atom is 0.312 e. The van der Waals surface area contributed by atoms with Crippen LogP contribution in [0.4, 0.5) is 0 Å². The first-order chi connectivity index (χ1) is 8.67. The fraction of sp³-hybridized carbons (Fsp3) is 0.750. The monoisotopic (exact) mass is 253 g/mol. The van der Waals surface area contributed by atoms with Crippen molar-refractivity contribution in [2.75, 3.05) is 19.6 Å². The third-order valence-electron chi connectivity index (χ3n) is 3.33. The largest absolute Gasteiger partial charge is 0.481 e. The van der Waals surface area contributed by atoms with Crippen molar-refractivity contribution in [1.82, 2.24) is 15.0 Å². The molecule has 100 valence electrons. The topological polar surface area (TPSA) is 79.5 Å². The third kappa shape index (κ3) is 3.53. The standard InChI is InChI=1S/C12H19N3O3/c1-2-15-5-3-4-9(8-15)6-10-13-11(18-14-10)7-12(16)17/h9H,2-8H2,1H3,(H,16,17). The lowest BCUT2D eigenvalue weighted by Gasteiger charge is -2.31. The minimum atomic E-state index is -0.944. The van der Waals surface area contributed by atoms with Crippen LogP contribution in [0.2, 0.25) is 0 Å². The Morgan fingerprint density at radius 3 is 3.17 bits per heavy atom. The van der Waals surface area contributed by atoms with Gasteiger partial charge in [0.2, 0.25) is 5.89 Å². The molecule has 1 N–H and O–H groups in total. The number of hydrogen-bond donors (Lipinski definition) is 1. The molecule has 0 amide bonds. The van der Waals surface area contributed by atoms with E-state index >= 15 is 0 Å². The first-order valence-electron chi connectivity index (χ1n) is 6.43. The summed E-state index contributed by atoms with van der Waals surface area (Å²) < 4.78 is 4.91. The molecule has 1 aliphatic heterocycles. The van der Waals surface area contributed by atoms with Crippen molar-refractivity contribution >= 4 is 5.97 Å². The highest BCUT2D eigenvalue weighted by molar-refractivity contribution is 5.68. The maximum atomic E-state index is 10.5. The van der Waals surface area contributed by atoms with Crippen LogP contribution in [0.15, 0.2) is 4.52 Å². The number of likely N-dealkylation sites (tertiary alicyclic amines) is 1. The van der Waals surface area contributed by atoms with Gasteiger partial charge < -0.3 is 14.5 Å². The summed E-state index contributed by atoms with van der Waals surface area (Å²) in [5, 5.41) is 12.5. The lowest BCUT2D eigenvalue weighted by Crippen LogP contribution is -2.36. The van der Waals surface area contributed by atoms with E-state index < -0.39 is 5.97 Å². The van der Waals surface area contributed by atoms with E-state index in [1.165, 1.54) is 19.4 Å². The number of aliphatic carboxylic acids is 1. The number of carboxylic acid groups (broad SMARTS) is 1. The summed E-state index contributed by atoms with van der Waals surface area (Å²) in [5.41, 5.74) is 0. The van der Waals surface area contributed by atoms with Gasteiger partial charge in [0.25, 0.3) is 0 Å². The molecule has 6 heteroatoms. The predicted octanol–water partition coefficient (Wildman–Crippen LogP) is 0.971. The van der Waals surface area contributed by atoms with Crippen molar-refractivity contribution in [3.8, 4) is 0 Å². The van der Waals surface area contributed by atoms with Crippen LogP contribution in [-0.4, -0.2) is 45.8 Å². The highest BCUT2D eigenvalue weighted by Gasteiger charge is 2.21. The molecule has 0 radical (unpaired) electrons. The minimum Gasteiger partial charge on any atom is -0.481 e. The third-order valence-corrected chi connectivity index (χ3v) is 3.33. The lowest BCUT2D eigenvalue weighted by atomic mass is 9.94. The average molecular weight is 253 g/mol. The van der Waals surface area contributed by atoms with E-state index in [0.29, 0.717) is 11.7 Å². The molecule has 2 heterocycles. The fourth-order valence-electron chi connectivity index (χ4n) is 2.44. The summed E-state index contributed by atoms with van der Waals surface area (Å²) in [6.45, 7) is 5.48. The molecule has 1 saturated heterocycles. The van der Waals surface area contributed by atoms with Gasteiger partial charge in [-0.1, -0.05) is 12.1 Å².